The Morgan fingerprint density at radius 2 is 1.30 bits per heavy atom. The molecule has 0 aliphatic heterocycles. The van der Waals surface area contributed by atoms with Gasteiger partial charge in [0.2, 0.25) is 0 Å². The number of alkyl halides is 2. The summed E-state index contributed by atoms with van der Waals surface area (Å²) >= 11 is 0. The minimum Gasteiger partial charge on any atom is -0.490 e. The van der Waals surface area contributed by atoms with Crippen molar-refractivity contribution in [2.45, 2.75) is 110 Å². The topological polar surface area (TPSA) is 35.0 Å². The van der Waals surface area contributed by atoms with E-state index in [1.165, 1.54) is 69.8 Å². The third-order valence-electron chi connectivity index (χ3n) is 6.00. The van der Waals surface area contributed by atoms with E-state index in [0.29, 0.717) is 18.0 Å². The highest BCUT2D eigenvalue weighted by atomic mass is 19.2. The molecule has 0 fully saturated rings. The molecule has 0 saturated carbocycles. The Morgan fingerprint density at radius 3 is 1.88 bits per heavy atom. The van der Waals surface area contributed by atoms with Gasteiger partial charge in [-0.3, -0.25) is 0 Å². The number of hydrogen-bond donors (Lipinski definition) is 0. The molecule has 1 aromatic heterocycles. The molecule has 33 heavy (non-hydrogen) atoms. The maximum absolute atomic E-state index is 13.7. The average Bonchev–Trinajstić information content (AvgIpc) is 2.84. The van der Waals surface area contributed by atoms with Crippen molar-refractivity contribution in [2.75, 3.05) is 6.61 Å². The van der Waals surface area contributed by atoms with Gasteiger partial charge < -0.3 is 4.74 Å². The van der Waals surface area contributed by atoms with Gasteiger partial charge in [-0.2, -0.15) is 0 Å². The van der Waals surface area contributed by atoms with Gasteiger partial charge in [0.25, 0.3) is 0 Å². The molecule has 2 rings (SSSR count). The van der Waals surface area contributed by atoms with Crippen LogP contribution in [-0.4, -0.2) is 28.9 Å². The summed E-state index contributed by atoms with van der Waals surface area (Å²) in [6.07, 6.45) is 15.9. The van der Waals surface area contributed by atoms with Crippen LogP contribution in [-0.2, 0) is 6.42 Å². The predicted molar refractivity (Wildman–Crippen MR) is 133 cm³/mol. The van der Waals surface area contributed by atoms with Crippen molar-refractivity contribution in [1.82, 2.24) is 9.97 Å². The van der Waals surface area contributed by atoms with E-state index >= 15 is 0 Å². The number of ether oxygens (including phenoxy) is 1. The summed E-state index contributed by atoms with van der Waals surface area (Å²) < 4.78 is 32.7. The highest BCUT2D eigenvalue weighted by Gasteiger charge is 2.20. The van der Waals surface area contributed by atoms with Gasteiger partial charge in [0.05, 0.1) is 0 Å². The quantitative estimate of drug-likeness (QED) is 0.209. The van der Waals surface area contributed by atoms with E-state index in [2.05, 4.69) is 16.9 Å². The molecule has 0 spiro atoms. The normalized spacial score (nSPS) is 13.1. The maximum Gasteiger partial charge on any atom is 0.165 e. The highest BCUT2D eigenvalue weighted by Crippen LogP contribution is 2.21. The third kappa shape index (κ3) is 11.1. The SMILES string of the molecule is CCCCCCCCCCCCc1cnc(-c2ccc(OCC(F)C(F)CCC)cc2)nc1. The summed E-state index contributed by atoms with van der Waals surface area (Å²) in [4.78, 5) is 9.00. The fraction of sp³-hybridized carbons (Fsp3) is 0.643. The lowest BCUT2D eigenvalue weighted by Crippen LogP contribution is -2.24. The van der Waals surface area contributed by atoms with Crippen molar-refractivity contribution in [3.05, 3.63) is 42.2 Å². The van der Waals surface area contributed by atoms with E-state index in [4.69, 9.17) is 4.74 Å². The number of benzene rings is 1. The first-order chi connectivity index (χ1) is 16.1. The molecule has 0 radical (unpaired) electrons. The Kier molecular flexibility index (Phi) is 13.6. The minimum atomic E-state index is -1.60. The van der Waals surface area contributed by atoms with Gasteiger partial charge in [-0.15, -0.1) is 0 Å². The van der Waals surface area contributed by atoms with Crippen molar-refractivity contribution in [1.29, 1.82) is 0 Å². The Hall–Kier alpha value is -2.04. The minimum absolute atomic E-state index is 0.218. The molecular weight excluding hydrogens is 418 g/mol. The summed E-state index contributed by atoms with van der Waals surface area (Å²) in [5, 5.41) is 0. The van der Waals surface area contributed by atoms with E-state index in [1.807, 2.05) is 31.5 Å². The van der Waals surface area contributed by atoms with E-state index in [1.54, 1.807) is 12.1 Å². The molecule has 2 unspecified atom stereocenters. The van der Waals surface area contributed by atoms with Crippen LogP contribution in [0.2, 0.25) is 0 Å². The van der Waals surface area contributed by atoms with Crippen molar-refractivity contribution in [3.8, 4) is 17.1 Å². The molecule has 0 aliphatic rings. The number of nitrogens with zero attached hydrogens (tertiary/aromatic N) is 2. The van der Waals surface area contributed by atoms with Gasteiger partial charge in [0.15, 0.2) is 12.0 Å². The van der Waals surface area contributed by atoms with E-state index in [-0.39, 0.29) is 13.0 Å². The summed E-state index contributed by atoms with van der Waals surface area (Å²) in [6, 6.07) is 7.18. The molecule has 0 saturated heterocycles. The molecule has 0 amide bonds. The van der Waals surface area contributed by atoms with Crippen molar-refractivity contribution in [3.63, 3.8) is 0 Å². The highest BCUT2D eigenvalue weighted by molar-refractivity contribution is 5.55. The molecule has 5 heteroatoms. The second-order valence-corrected chi connectivity index (χ2v) is 9.00. The van der Waals surface area contributed by atoms with Crippen LogP contribution >= 0.6 is 0 Å². The van der Waals surface area contributed by atoms with Crippen LogP contribution < -0.4 is 4.74 Å². The van der Waals surface area contributed by atoms with Gasteiger partial charge in [-0.1, -0.05) is 78.1 Å². The molecule has 1 heterocycles. The summed E-state index contributed by atoms with van der Waals surface area (Å²) in [5.41, 5.74) is 2.04. The fourth-order valence-electron chi connectivity index (χ4n) is 3.89. The van der Waals surface area contributed by atoms with E-state index in [9.17, 15) is 8.78 Å². The zero-order valence-corrected chi connectivity index (χ0v) is 20.6. The molecule has 0 N–H and O–H groups in total. The van der Waals surface area contributed by atoms with Crippen molar-refractivity contribution in [2.24, 2.45) is 0 Å². The maximum atomic E-state index is 13.7. The second kappa shape index (κ2) is 16.6. The molecule has 184 valence electrons. The molecule has 0 bridgehead atoms. The lowest BCUT2D eigenvalue weighted by molar-refractivity contribution is 0.103. The monoisotopic (exact) mass is 460 g/mol. The Balaban J connectivity index is 1.65. The lowest BCUT2D eigenvalue weighted by Gasteiger charge is -2.14. The Bertz CT molecular complexity index is 737. The molecule has 2 atom stereocenters. The molecule has 0 aliphatic carbocycles. The van der Waals surface area contributed by atoms with E-state index in [0.717, 1.165) is 12.0 Å². The molecular formula is C28H42F2N2O. The Morgan fingerprint density at radius 1 is 0.727 bits per heavy atom. The van der Waals surface area contributed by atoms with Gasteiger partial charge in [0, 0.05) is 18.0 Å². The first kappa shape index (κ1) is 27.2. The van der Waals surface area contributed by atoms with Crippen LogP contribution in [0.15, 0.2) is 36.7 Å². The van der Waals surface area contributed by atoms with Crippen molar-refractivity contribution < 1.29 is 13.5 Å². The van der Waals surface area contributed by atoms with Crippen LogP contribution in [0.1, 0.15) is 96.5 Å². The first-order valence-corrected chi connectivity index (χ1v) is 13.0. The molecule has 3 nitrogen and oxygen atoms in total. The van der Waals surface area contributed by atoms with Crippen molar-refractivity contribution >= 4 is 0 Å². The number of unbranched alkanes of at least 4 members (excludes halogenated alkanes) is 9. The van der Waals surface area contributed by atoms with Crippen LogP contribution in [0, 0.1) is 0 Å². The third-order valence-corrected chi connectivity index (χ3v) is 6.00. The largest absolute Gasteiger partial charge is 0.490 e. The van der Waals surface area contributed by atoms with Gasteiger partial charge in [-0.25, -0.2) is 18.7 Å². The number of aryl methyl sites for hydroxylation is 1. The average molecular weight is 461 g/mol. The predicted octanol–water partition coefficient (Wildman–Crippen LogP) is 8.46. The van der Waals surface area contributed by atoms with Gasteiger partial charge in [-0.05, 0) is 49.1 Å². The smallest absolute Gasteiger partial charge is 0.165 e. The Labute approximate surface area is 199 Å². The molecule has 2 aromatic rings. The summed E-state index contributed by atoms with van der Waals surface area (Å²) in [6.45, 7) is 3.83. The standard InChI is InChI=1S/C28H42F2N2O/c1-3-5-6-7-8-9-10-11-12-13-15-23-20-31-28(32-21-23)24-16-18-25(19-17-24)33-22-27(30)26(29)14-4-2/h16-21,26-27H,3-15,22H2,1-2H3. The lowest BCUT2D eigenvalue weighted by atomic mass is 10.0. The van der Waals surface area contributed by atoms with Crippen LogP contribution in [0.25, 0.3) is 11.4 Å². The summed E-state index contributed by atoms with van der Waals surface area (Å²) in [5.74, 6) is 1.17. The zero-order valence-electron chi connectivity index (χ0n) is 20.6. The number of aromatic nitrogens is 2. The number of hydrogen-bond acceptors (Lipinski definition) is 3. The van der Waals surface area contributed by atoms with Crippen LogP contribution in [0.4, 0.5) is 8.78 Å². The number of halogens is 2. The van der Waals surface area contributed by atoms with Crippen LogP contribution in [0.5, 0.6) is 5.75 Å². The molecule has 1 aromatic carbocycles. The fourth-order valence-corrected chi connectivity index (χ4v) is 3.89. The number of rotatable bonds is 18. The van der Waals surface area contributed by atoms with Gasteiger partial charge >= 0.3 is 0 Å². The van der Waals surface area contributed by atoms with E-state index < -0.39 is 12.3 Å². The first-order valence-electron chi connectivity index (χ1n) is 13.0. The van der Waals surface area contributed by atoms with Gasteiger partial charge in [0.1, 0.15) is 18.5 Å². The van der Waals surface area contributed by atoms with Crippen LogP contribution in [0.3, 0.4) is 0 Å². The second-order valence-electron chi connectivity index (χ2n) is 9.00. The zero-order chi connectivity index (χ0) is 23.7. The summed E-state index contributed by atoms with van der Waals surface area (Å²) in [7, 11) is 0.